The van der Waals surface area contributed by atoms with Crippen molar-refractivity contribution < 1.29 is 4.74 Å². The number of para-hydroxylation sites is 1. The van der Waals surface area contributed by atoms with Gasteiger partial charge in [0.2, 0.25) is 0 Å². The number of hydrogen-bond acceptors (Lipinski definition) is 4. The predicted molar refractivity (Wildman–Crippen MR) is 90.2 cm³/mol. The second-order valence-corrected chi connectivity index (χ2v) is 7.62. The van der Waals surface area contributed by atoms with Crippen molar-refractivity contribution in [3.05, 3.63) is 45.1 Å². The zero-order valence-corrected chi connectivity index (χ0v) is 14.4. The van der Waals surface area contributed by atoms with E-state index >= 15 is 0 Å². The van der Waals surface area contributed by atoms with Crippen LogP contribution in [-0.4, -0.2) is 24.9 Å². The summed E-state index contributed by atoms with van der Waals surface area (Å²) in [7, 11) is 2.01. The van der Waals surface area contributed by atoms with Gasteiger partial charge in [-0.1, -0.05) is 12.1 Å². The van der Waals surface area contributed by atoms with Crippen molar-refractivity contribution in [3.8, 4) is 5.75 Å². The molecule has 2 aromatic rings. The van der Waals surface area contributed by atoms with Crippen LogP contribution in [-0.2, 0) is 6.42 Å². The highest BCUT2D eigenvalue weighted by atomic mass is 79.9. The summed E-state index contributed by atoms with van der Waals surface area (Å²) in [4.78, 5) is 2.62. The molecule has 0 saturated carbocycles. The van der Waals surface area contributed by atoms with E-state index in [2.05, 4.69) is 50.9 Å². The van der Waals surface area contributed by atoms with E-state index in [0.29, 0.717) is 6.04 Å². The minimum Gasteiger partial charge on any atom is -0.487 e. The van der Waals surface area contributed by atoms with Gasteiger partial charge in [-0.2, -0.15) is 0 Å². The van der Waals surface area contributed by atoms with Crippen molar-refractivity contribution >= 4 is 39.0 Å². The fourth-order valence-corrected chi connectivity index (χ4v) is 4.98. The Morgan fingerprint density at radius 1 is 1.40 bits per heavy atom. The lowest BCUT2D eigenvalue weighted by atomic mass is 10.1. The van der Waals surface area contributed by atoms with Crippen LogP contribution < -0.4 is 10.1 Å². The monoisotopic (exact) mass is 369 g/mol. The van der Waals surface area contributed by atoms with E-state index < -0.39 is 0 Å². The summed E-state index contributed by atoms with van der Waals surface area (Å²) in [6.07, 6.45) is 1.19. The van der Waals surface area contributed by atoms with Crippen molar-refractivity contribution in [3.63, 3.8) is 0 Å². The van der Waals surface area contributed by atoms with Crippen LogP contribution in [0.3, 0.4) is 0 Å². The SMILES string of the molecule is CNC(Cc1sccc1Br)C1CSc2ccccc2O1. The predicted octanol–water partition coefficient (Wildman–Crippen LogP) is 4.19. The van der Waals surface area contributed by atoms with E-state index in [1.165, 1.54) is 14.2 Å². The lowest BCUT2D eigenvalue weighted by Crippen LogP contribution is -2.45. The molecule has 0 saturated heterocycles. The van der Waals surface area contributed by atoms with Gasteiger partial charge in [-0.05, 0) is 46.6 Å². The van der Waals surface area contributed by atoms with Gasteiger partial charge in [0.15, 0.2) is 0 Å². The number of hydrogen-bond donors (Lipinski definition) is 1. The van der Waals surface area contributed by atoms with E-state index in [1.807, 2.05) is 24.9 Å². The van der Waals surface area contributed by atoms with Crippen LogP contribution in [0.4, 0.5) is 0 Å². The first-order chi connectivity index (χ1) is 9.78. The molecule has 20 heavy (non-hydrogen) atoms. The summed E-state index contributed by atoms with van der Waals surface area (Å²) >= 11 is 7.29. The number of likely N-dealkylation sites (N-methyl/N-ethyl adjacent to an activating group) is 1. The Kier molecular flexibility index (Phi) is 4.71. The Labute approximate surface area is 136 Å². The number of nitrogens with one attached hydrogen (secondary N) is 1. The van der Waals surface area contributed by atoms with Crippen LogP contribution in [0.25, 0.3) is 0 Å². The van der Waals surface area contributed by atoms with Crippen LogP contribution in [0.1, 0.15) is 4.88 Å². The Balaban J connectivity index is 1.73. The Bertz CT molecular complexity index is 587. The van der Waals surface area contributed by atoms with E-state index in [-0.39, 0.29) is 6.10 Å². The summed E-state index contributed by atoms with van der Waals surface area (Å²) in [6, 6.07) is 10.7. The van der Waals surface area contributed by atoms with Gasteiger partial charge in [0.25, 0.3) is 0 Å². The lowest BCUT2D eigenvalue weighted by Gasteiger charge is -2.31. The minimum absolute atomic E-state index is 0.203. The number of benzene rings is 1. The molecule has 3 rings (SSSR count). The summed E-state index contributed by atoms with van der Waals surface area (Å²) in [6.45, 7) is 0. The molecule has 2 unspecified atom stereocenters. The molecule has 5 heteroatoms. The highest BCUT2D eigenvalue weighted by molar-refractivity contribution is 9.10. The molecule has 2 heterocycles. The minimum atomic E-state index is 0.203. The fraction of sp³-hybridized carbons (Fsp3) is 0.333. The maximum absolute atomic E-state index is 6.18. The number of halogens is 1. The topological polar surface area (TPSA) is 21.3 Å². The number of thiophene rings is 1. The molecule has 1 aliphatic rings. The third kappa shape index (κ3) is 3.06. The molecule has 0 spiro atoms. The Morgan fingerprint density at radius 2 is 2.25 bits per heavy atom. The molecule has 0 amide bonds. The van der Waals surface area contributed by atoms with E-state index in [4.69, 9.17) is 4.74 Å². The van der Waals surface area contributed by atoms with Crippen molar-refractivity contribution in [1.29, 1.82) is 0 Å². The molecular weight excluding hydrogens is 354 g/mol. The maximum Gasteiger partial charge on any atom is 0.133 e. The molecule has 2 atom stereocenters. The van der Waals surface area contributed by atoms with E-state index in [1.54, 1.807) is 11.3 Å². The smallest absolute Gasteiger partial charge is 0.133 e. The summed E-state index contributed by atoms with van der Waals surface area (Å²) in [5, 5.41) is 5.54. The van der Waals surface area contributed by atoms with Crippen molar-refractivity contribution in [1.82, 2.24) is 5.32 Å². The number of fused-ring (bicyclic) bond motifs is 1. The molecule has 1 aromatic heterocycles. The van der Waals surface area contributed by atoms with Gasteiger partial charge >= 0.3 is 0 Å². The average Bonchev–Trinajstić information content (AvgIpc) is 2.89. The van der Waals surface area contributed by atoms with E-state index in [9.17, 15) is 0 Å². The second-order valence-electron chi connectivity index (χ2n) is 4.71. The zero-order chi connectivity index (χ0) is 13.9. The standard InChI is InChI=1S/C15H16BrNOS2/c1-17-11(8-15-10(16)6-7-19-15)13-9-20-14-5-3-2-4-12(14)18-13/h2-7,11,13,17H,8-9H2,1H3. The number of ether oxygens (including phenoxy) is 1. The first-order valence-electron chi connectivity index (χ1n) is 6.55. The second kappa shape index (κ2) is 6.52. The van der Waals surface area contributed by atoms with Crippen molar-refractivity contribution in [2.75, 3.05) is 12.8 Å². The Morgan fingerprint density at radius 3 is 3.00 bits per heavy atom. The molecular formula is C15H16BrNOS2. The highest BCUT2D eigenvalue weighted by Gasteiger charge is 2.28. The Hall–Kier alpha value is -0.490. The molecule has 0 radical (unpaired) electrons. The van der Waals surface area contributed by atoms with Gasteiger partial charge < -0.3 is 10.1 Å². The molecule has 0 aliphatic carbocycles. The summed E-state index contributed by atoms with van der Waals surface area (Å²) in [5.41, 5.74) is 0. The van der Waals surface area contributed by atoms with Gasteiger partial charge in [-0.25, -0.2) is 0 Å². The third-order valence-corrected chi connectivity index (χ3v) is 6.54. The fourth-order valence-electron chi connectivity index (χ4n) is 2.32. The van der Waals surface area contributed by atoms with Crippen LogP contribution in [0, 0.1) is 0 Å². The zero-order valence-electron chi connectivity index (χ0n) is 11.1. The van der Waals surface area contributed by atoms with Gasteiger partial charge in [-0.15, -0.1) is 23.1 Å². The van der Waals surface area contributed by atoms with Crippen molar-refractivity contribution in [2.45, 2.75) is 23.5 Å². The molecule has 0 fully saturated rings. The summed E-state index contributed by atoms with van der Waals surface area (Å²) in [5.74, 6) is 2.00. The van der Waals surface area contributed by atoms with Gasteiger partial charge in [0, 0.05) is 32.5 Å². The molecule has 0 bridgehead atoms. The van der Waals surface area contributed by atoms with Gasteiger partial charge in [0.05, 0.1) is 0 Å². The number of rotatable bonds is 4. The van der Waals surface area contributed by atoms with Crippen LogP contribution >= 0.6 is 39.0 Å². The molecule has 2 nitrogen and oxygen atoms in total. The summed E-state index contributed by atoms with van der Waals surface area (Å²) < 4.78 is 7.38. The maximum atomic E-state index is 6.18. The largest absolute Gasteiger partial charge is 0.487 e. The first-order valence-corrected chi connectivity index (χ1v) is 9.21. The molecule has 1 N–H and O–H groups in total. The van der Waals surface area contributed by atoms with E-state index in [0.717, 1.165) is 17.9 Å². The molecule has 1 aliphatic heterocycles. The first kappa shape index (κ1) is 14.4. The van der Waals surface area contributed by atoms with Gasteiger partial charge in [-0.3, -0.25) is 0 Å². The quantitative estimate of drug-likeness (QED) is 0.872. The van der Waals surface area contributed by atoms with Crippen LogP contribution in [0.15, 0.2) is 45.1 Å². The molecule has 106 valence electrons. The molecule has 1 aromatic carbocycles. The normalized spacial score (nSPS) is 19.2. The lowest BCUT2D eigenvalue weighted by molar-refractivity contribution is 0.170. The average molecular weight is 370 g/mol. The highest BCUT2D eigenvalue weighted by Crippen LogP contribution is 2.36. The van der Waals surface area contributed by atoms with Crippen molar-refractivity contribution in [2.24, 2.45) is 0 Å². The third-order valence-electron chi connectivity index (χ3n) is 3.45. The number of thioether (sulfide) groups is 1. The van der Waals surface area contributed by atoms with Crippen LogP contribution in [0.5, 0.6) is 5.75 Å². The van der Waals surface area contributed by atoms with Gasteiger partial charge in [0.1, 0.15) is 11.9 Å². The van der Waals surface area contributed by atoms with Crippen LogP contribution in [0.2, 0.25) is 0 Å².